The zero-order chi connectivity index (χ0) is 12.9. The highest BCUT2D eigenvalue weighted by Crippen LogP contribution is 2.22. The minimum Gasteiger partial charge on any atom is -0.380 e. The van der Waals surface area contributed by atoms with E-state index in [1.54, 1.807) is 11.3 Å². The van der Waals surface area contributed by atoms with Gasteiger partial charge in [0.1, 0.15) is 0 Å². The Kier molecular flexibility index (Phi) is 3.98. The molecule has 3 nitrogen and oxygen atoms in total. The summed E-state index contributed by atoms with van der Waals surface area (Å²) < 4.78 is 0. The molecule has 1 aliphatic heterocycles. The van der Waals surface area contributed by atoms with Gasteiger partial charge in [-0.15, -0.1) is 11.3 Å². The predicted molar refractivity (Wildman–Crippen MR) is 81.9 cm³/mol. The molecule has 0 saturated carbocycles. The van der Waals surface area contributed by atoms with Crippen LogP contribution >= 0.6 is 11.3 Å². The van der Waals surface area contributed by atoms with Crippen molar-refractivity contribution in [3.05, 3.63) is 40.8 Å². The van der Waals surface area contributed by atoms with Crippen molar-refractivity contribution in [2.45, 2.75) is 25.8 Å². The third kappa shape index (κ3) is 3.26. The highest BCUT2D eigenvalue weighted by Gasteiger charge is 2.10. The molecule has 0 atom stereocenters. The summed E-state index contributed by atoms with van der Waals surface area (Å²) in [6.07, 6.45) is 5.95. The molecule has 0 unspecified atom stereocenters. The summed E-state index contributed by atoms with van der Waals surface area (Å²) in [6.45, 7) is 3.26. The molecule has 0 spiro atoms. The summed E-state index contributed by atoms with van der Waals surface area (Å²) in [4.78, 5) is 7.83. The Morgan fingerprint density at radius 1 is 1.11 bits per heavy atom. The minimum absolute atomic E-state index is 0.855. The molecule has 1 aliphatic rings. The fourth-order valence-electron chi connectivity index (χ4n) is 2.46. The standard InChI is InChI=1S/C15H19N3S/c1-2-8-18(9-3-1)14-6-4-13(5-7-14)17-11-15-10-16-12-19-15/h4-7,10,12,17H,1-3,8-9,11H2. The van der Waals surface area contributed by atoms with Crippen LogP contribution in [0.25, 0.3) is 0 Å². The largest absolute Gasteiger partial charge is 0.380 e. The zero-order valence-corrected chi connectivity index (χ0v) is 11.8. The van der Waals surface area contributed by atoms with Gasteiger partial charge in [0.25, 0.3) is 0 Å². The molecular weight excluding hydrogens is 254 g/mol. The van der Waals surface area contributed by atoms with Crippen molar-refractivity contribution in [3.63, 3.8) is 0 Å². The summed E-state index contributed by atoms with van der Waals surface area (Å²) in [5.74, 6) is 0. The summed E-state index contributed by atoms with van der Waals surface area (Å²) in [5.41, 5.74) is 4.40. The highest BCUT2D eigenvalue weighted by atomic mass is 32.1. The van der Waals surface area contributed by atoms with Crippen LogP contribution in [-0.4, -0.2) is 18.1 Å². The Morgan fingerprint density at radius 2 is 1.89 bits per heavy atom. The van der Waals surface area contributed by atoms with E-state index in [9.17, 15) is 0 Å². The third-order valence-corrected chi connectivity index (χ3v) is 4.32. The summed E-state index contributed by atoms with van der Waals surface area (Å²) in [7, 11) is 0. The van der Waals surface area contributed by atoms with Crippen LogP contribution < -0.4 is 10.2 Å². The highest BCUT2D eigenvalue weighted by molar-refractivity contribution is 7.09. The maximum absolute atomic E-state index is 4.08. The first-order chi connectivity index (χ1) is 9.42. The van der Waals surface area contributed by atoms with E-state index in [2.05, 4.69) is 39.5 Å². The first-order valence-electron chi connectivity index (χ1n) is 6.88. The van der Waals surface area contributed by atoms with Crippen LogP contribution in [-0.2, 0) is 6.54 Å². The van der Waals surface area contributed by atoms with Gasteiger partial charge >= 0.3 is 0 Å². The van der Waals surface area contributed by atoms with E-state index >= 15 is 0 Å². The first-order valence-corrected chi connectivity index (χ1v) is 7.76. The lowest BCUT2D eigenvalue weighted by molar-refractivity contribution is 0.578. The van der Waals surface area contributed by atoms with Gasteiger partial charge in [-0.2, -0.15) is 0 Å². The van der Waals surface area contributed by atoms with Gasteiger partial charge < -0.3 is 10.2 Å². The lowest BCUT2D eigenvalue weighted by Crippen LogP contribution is -2.29. The molecule has 19 heavy (non-hydrogen) atoms. The van der Waals surface area contributed by atoms with Gasteiger partial charge in [-0.1, -0.05) is 0 Å². The van der Waals surface area contributed by atoms with Gasteiger partial charge in [-0.25, -0.2) is 0 Å². The van der Waals surface area contributed by atoms with Crippen molar-refractivity contribution < 1.29 is 0 Å². The number of hydrogen-bond donors (Lipinski definition) is 1. The van der Waals surface area contributed by atoms with Crippen molar-refractivity contribution in [3.8, 4) is 0 Å². The van der Waals surface area contributed by atoms with Crippen LogP contribution in [0.1, 0.15) is 24.1 Å². The molecular formula is C15H19N3S. The number of nitrogens with one attached hydrogen (secondary N) is 1. The number of thiazole rings is 1. The number of rotatable bonds is 4. The molecule has 3 rings (SSSR count). The van der Waals surface area contributed by atoms with E-state index < -0.39 is 0 Å². The molecule has 2 heterocycles. The van der Waals surface area contributed by atoms with Gasteiger partial charge in [0.15, 0.2) is 0 Å². The maximum atomic E-state index is 4.08. The molecule has 0 amide bonds. The number of hydrogen-bond acceptors (Lipinski definition) is 4. The maximum Gasteiger partial charge on any atom is 0.0794 e. The molecule has 1 aromatic heterocycles. The number of benzene rings is 1. The van der Waals surface area contributed by atoms with E-state index in [1.165, 1.54) is 48.6 Å². The summed E-state index contributed by atoms with van der Waals surface area (Å²) in [6, 6.07) is 8.79. The predicted octanol–water partition coefficient (Wildman–Crippen LogP) is 3.75. The van der Waals surface area contributed by atoms with Crippen molar-refractivity contribution in [2.24, 2.45) is 0 Å². The fraction of sp³-hybridized carbons (Fsp3) is 0.400. The number of anilines is 2. The monoisotopic (exact) mass is 273 g/mol. The number of nitrogens with zero attached hydrogens (tertiary/aromatic N) is 2. The molecule has 1 saturated heterocycles. The molecule has 1 fully saturated rings. The van der Waals surface area contributed by atoms with Gasteiger partial charge in [0.2, 0.25) is 0 Å². The number of piperidine rings is 1. The van der Waals surface area contributed by atoms with Crippen LogP contribution in [0.2, 0.25) is 0 Å². The first kappa shape index (κ1) is 12.5. The normalized spacial score (nSPS) is 15.5. The van der Waals surface area contributed by atoms with Crippen molar-refractivity contribution in [1.82, 2.24) is 4.98 Å². The SMILES string of the molecule is c1ncc(CNc2ccc(N3CCCCC3)cc2)s1. The molecule has 0 aliphatic carbocycles. The Morgan fingerprint density at radius 3 is 2.58 bits per heavy atom. The quantitative estimate of drug-likeness (QED) is 0.919. The van der Waals surface area contributed by atoms with E-state index in [1.807, 2.05) is 11.7 Å². The average molecular weight is 273 g/mol. The van der Waals surface area contributed by atoms with Crippen molar-refractivity contribution in [1.29, 1.82) is 0 Å². The summed E-state index contributed by atoms with van der Waals surface area (Å²) in [5, 5.41) is 3.43. The van der Waals surface area contributed by atoms with E-state index in [0.717, 1.165) is 6.54 Å². The van der Waals surface area contributed by atoms with Gasteiger partial charge in [0, 0.05) is 35.5 Å². The molecule has 100 valence electrons. The Bertz CT molecular complexity index is 487. The van der Waals surface area contributed by atoms with Crippen molar-refractivity contribution in [2.75, 3.05) is 23.3 Å². The van der Waals surface area contributed by atoms with Gasteiger partial charge in [-0.3, -0.25) is 4.98 Å². The molecule has 2 aromatic rings. The van der Waals surface area contributed by atoms with Crippen LogP contribution in [0.5, 0.6) is 0 Å². The van der Waals surface area contributed by atoms with Crippen molar-refractivity contribution >= 4 is 22.7 Å². The fourth-order valence-corrected chi connectivity index (χ4v) is 3.00. The summed E-state index contributed by atoms with van der Waals surface area (Å²) >= 11 is 1.69. The van der Waals surface area contributed by atoms with Crippen LogP contribution in [0.4, 0.5) is 11.4 Å². The molecule has 0 radical (unpaired) electrons. The Balaban J connectivity index is 1.58. The van der Waals surface area contributed by atoms with Gasteiger partial charge in [-0.05, 0) is 43.5 Å². The van der Waals surface area contributed by atoms with Crippen LogP contribution in [0.3, 0.4) is 0 Å². The van der Waals surface area contributed by atoms with E-state index in [0.29, 0.717) is 0 Å². The van der Waals surface area contributed by atoms with Crippen LogP contribution in [0.15, 0.2) is 36.0 Å². The second-order valence-electron chi connectivity index (χ2n) is 4.92. The zero-order valence-electron chi connectivity index (χ0n) is 11.0. The smallest absolute Gasteiger partial charge is 0.0794 e. The third-order valence-electron chi connectivity index (χ3n) is 3.54. The topological polar surface area (TPSA) is 28.2 Å². The lowest BCUT2D eigenvalue weighted by atomic mass is 10.1. The second kappa shape index (κ2) is 6.06. The molecule has 1 N–H and O–H groups in total. The van der Waals surface area contributed by atoms with E-state index in [4.69, 9.17) is 0 Å². The molecule has 0 bridgehead atoms. The number of aromatic nitrogens is 1. The Labute approximate surface area is 118 Å². The van der Waals surface area contributed by atoms with Crippen LogP contribution in [0, 0.1) is 0 Å². The minimum atomic E-state index is 0.855. The molecule has 1 aromatic carbocycles. The molecule has 4 heteroatoms. The average Bonchev–Trinajstić information content (AvgIpc) is 3.00. The second-order valence-corrected chi connectivity index (χ2v) is 5.89. The lowest BCUT2D eigenvalue weighted by Gasteiger charge is -2.28. The van der Waals surface area contributed by atoms with E-state index in [-0.39, 0.29) is 0 Å². The Hall–Kier alpha value is -1.55. The van der Waals surface area contributed by atoms with Gasteiger partial charge in [0.05, 0.1) is 12.1 Å².